The number of carbonyl (C=O) groups is 1. The fraction of sp³-hybridized carbons (Fsp3) is 0.250. The fourth-order valence-electron chi connectivity index (χ4n) is 2.59. The van der Waals surface area contributed by atoms with Crippen LogP contribution >= 0.6 is 0 Å². The van der Waals surface area contributed by atoms with E-state index in [4.69, 9.17) is 23.4 Å². The molecular formula is C20H21N3O6. The Labute approximate surface area is 167 Å². The van der Waals surface area contributed by atoms with Crippen LogP contribution in [0.2, 0.25) is 0 Å². The molecule has 0 unspecified atom stereocenters. The molecule has 3 aromatic rings. The first-order valence-corrected chi connectivity index (χ1v) is 8.75. The summed E-state index contributed by atoms with van der Waals surface area (Å²) in [6.45, 7) is 0.502. The molecule has 29 heavy (non-hydrogen) atoms. The van der Waals surface area contributed by atoms with Crippen molar-refractivity contribution in [3.05, 3.63) is 48.2 Å². The van der Waals surface area contributed by atoms with Gasteiger partial charge in [0.05, 0.1) is 34.1 Å². The third kappa shape index (κ3) is 4.75. The molecule has 9 heteroatoms. The van der Waals surface area contributed by atoms with Crippen LogP contribution < -0.4 is 24.3 Å². The lowest BCUT2D eigenvalue weighted by Crippen LogP contribution is -2.28. The lowest BCUT2D eigenvalue weighted by atomic mass is 10.1. The summed E-state index contributed by atoms with van der Waals surface area (Å²) in [6, 6.07) is 10.2. The van der Waals surface area contributed by atoms with Crippen molar-refractivity contribution in [3.8, 4) is 34.6 Å². The van der Waals surface area contributed by atoms with E-state index in [0.29, 0.717) is 40.1 Å². The number of methoxy groups -OCH3 is 3. The monoisotopic (exact) mass is 399 g/mol. The van der Waals surface area contributed by atoms with Gasteiger partial charge >= 0.3 is 0 Å². The van der Waals surface area contributed by atoms with E-state index < -0.39 is 0 Å². The van der Waals surface area contributed by atoms with Crippen LogP contribution in [-0.2, 0) is 0 Å². The lowest BCUT2D eigenvalue weighted by molar-refractivity contribution is 0.0945. The first kappa shape index (κ1) is 20.0. The summed E-state index contributed by atoms with van der Waals surface area (Å²) < 4.78 is 26.5. The molecule has 0 aliphatic heterocycles. The van der Waals surface area contributed by atoms with Crippen molar-refractivity contribution in [1.29, 1.82) is 0 Å². The summed E-state index contributed by atoms with van der Waals surface area (Å²) in [5.74, 6) is 1.91. The zero-order valence-corrected chi connectivity index (χ0v) is 16.3. The molecule has 2 heterocycles. The summed E-state index contributed by atoms with van der Waals surface area (Å²) >= 11 is 0. The van der Waals surface area contributed by atoms with Gasteiger partial charge in [0.15, 0.2) is 17.3 Å². The van der Waals surface area contributed by atoms with Gasteiger partial charge in [0.25, 0.3) is 5.91 Å². The van der Waals surface area contributed by atoms with Crippen LogP contribution in [0.4, 0.5) is 0 Å². The second kappa shape index (κ2) is 9.45. The number of carbonyl (C=O) groups excluding carboxylic acids is 1. The van der Waals surface area contributed by atoms with Gasteiger partial charge < -0.3 is 28.7 Å². The van der Waals surface area contributed by atoms with Gasteiger partial charge in [-0.3, -0.25) is 4.79 Å². The zero-order valence-electron chi connectivity index (χ0n) is 16.3. The molecule has 3 rings (SSSR count). The smallest absolute Gasteiger partial charge is 0.251 e. The minimum atomic E-state index is -0.299. The van der Waals surface area contributed by atoms with Gasteiger partial charge in [0, 0.05) is 11.6 Å². The number of nitrogens with one attached hydrogen (secondary N) is 1. The molecule has 0 aliphatic carbocycles. The molecule has 1 N–H and O–H groups in total. The van der Waals surface area contributed by atoms with E-state index >= 15 is 0 Å². The van der Waals surface area contributed by atoms with Crippen LogP contribution in [0.15, 0.2) is 47.1 Å². The van der Waals surface area contributed by atoms with E-state index in [0.717, 1.165) is 0 Å². The summed E-state index contributed by atoms with van der Waals surface area (Å²) in [5, 5.41) is 10.8. The van der Waals surface area contributed by atoms with Crippen molar-refractivity contribution in [1.82, 2.24) is 15.5 Å². The maximum atomic E-state index is 12.4. The van der Waals surface area contributed by atoms with Crippen molar-refractivity contribution < 1.29 is 28.2 Å². The van der Waals surface area contributed by atoms with Crippen LogP contribution in [0.1, 0.15) is 10.4 Å². The number of furan rings is 1. The SMILES string of the molecule is COc1cc(C(=O)NCCOc2ccc(-c3ccco3)nn2)cc(OC)c1OC. The van der Waals surface area contributed by atoms with Gasteiger partial charge in [-0.15, -0.1) is 10.2 Å². The van der Waals surface area contributed by atoms with E-state index in [2.05, 4.69) is 15.5 Å². The summed E-state index contributed by atoms with van der Waals surface area (Å²) in [4.78, 5) is 12.4. The van der Waals surface area contributed by atoms with E-state index in [1.54, 1.807) is 42.7 Å². The molecule has 1 amide bonds. The molecule has 0 bridgehead atoms. The average Bonchev–Trinajstić information content (AvgIpc) is 3.30. The van der Waals surface area contributed by atoms with Gasteiger partial charge in [0.2, 0.25) is 11.6 Å². The molecule has 1 aromatic carbocycles. The number of hydrogen-bond donors (Lipinski definition) is 1. The standard InChI is InChI=1S/C20H21N3O6/c1-25-16-11-13(12-17(26-2)19(16)27-3)20(24)21-8-10-29-18-7-6-14(22-23-18)15-5-4-9-28-15/h4-7,9,11-12H,8,10H2,1-3H3,(H,21,24). The lowest BCUT2D eigenvalue weighted by Gasteiger charge is -2.14. The van der Waals surface area contributed by atoms with Crippen LogP contribution in [-0.4, -0.2) is 50.6 Å². The fourth-order valence-corrected chi connectivity index (χ4v) is 2.59. The highest BCUT2D eigenvalue weighted by Gasteiger charge is 2.16. The Balaban J connectivity index is 1.53. The topological polar surface area (TPSA) is 105 Å². The Morgan fingerprint density at radius 1 is 1.03 bits per heavy atom. The highest BCUT2D eigenvalue weighted by molar-refractivity contribution is 5.95. The van der Waals surface area contributed by atoms with Crippen molar-refractivity contribution in [2.75, 3.05) is 34.5 Å². The molecule has 9 nitrogen and oxygen atoms in total. The Morgan fingerprint density at radius 2 is 1.79 bits per heavy atom. The number of rotatable bonds is 9. The summed E-state index contributed by atoms with van der Waals surface area (Å²) in [6.07, 6.45) is 1.57. The normalized spacial score (nSPS) is 10.3. The minimum Gasteiger partial charge on any atom is -0.493 e. The Kier molecular flexibility index (Phi) is 6.51. The van der Waals surface area contributed by atoms with Gasteiger partial charge in [-0.05, 0) is 30.3 Å². The van der Waals surface area contributed by atoms with Gasteiger partial charge in [-0.25, -0.2) is 0 Å². The van der Waals surface area contributed by atoms with E-state index in [-0.39, 0.29) is 19.1 Å². The maximum Gasteiger partial charge on any atom is 0.251 e. The Hall–Kier alpha value is -3.75. The average molecular weight is 399 g/mol. The third-order valence-electron chi connectivity index (χ3n) is 3.98. The van der Waals surface area contributed by atoms with E-state index in [1.807, 2.05) is 0 Å². The molecule has 0 radical (unpaired) electrons. The highest BCUT2D eigenvalue weighted by Crippen LogP contribution is 2.38. The minimum absolute atomic E-state index is 0.227. The van der Waals surface area contributed by atoms with Crippen LogP contribution in [0.5, 0.6) is 23.1 Å². The number of benzene rings is 1. The van der Waals surface area contributed by atoms with Gasteiger partial charge in [0.1, 0.15) is 12.3 Å². The number of ether oxygens (including phenoxy) is 4. The molecular weight excluding hydrogens is 378 g/mol. The van der Waals surface area contributed by atoms with Crippen molar-refractivity contribution in [3.63, 3.8) is 0 Å². The predicted molar refractivity (Wildman–Crippen MR) is 104 cm³/mol. The quantitative estimate of drug-likeness (QED) is 0.548. The number of aromatic nitrogens is 2. The van der Waals surface area contributed by atoms with Gasteiger partial charge in [-0.2, -0.15) is 0 Å². The van der Waals surface area contributed by atoms with Crippen molar-refractivity contribution >= 4 is 5.91 Å². The molecule has 0 spiro atoms. The molecule has 152 valence electrons. The molecule has 0 fully saturated rings. The second-order valence-corrected chi connectivity index (χ2v) is 5.75. The highest BCUT2D eigenvalue weighted by atomic mass is 16.5. The summed E-state index contributed by atoms with van der Waals surface area (Å²) in [5.41, 5.74) is 0.986. The first-order valence-electron chi connectivity index (χ1n) is 8.75. The Morgan fingerprint density at radius 3 is 2.34 bits per heavy atom. The summed E-state index contributed by atoms with van der Waals surface area (Å²) in [7, 11) is 4.48. The first-order chi connectivity index (χ1) is 14.2. The molecule has 0 saturated heterocycles. The van der Waals surface area contributed by atoms with Crippen LogP contribution in [0.25, 0.3) is 11.5 Å². The van der Waals surface area contributed by atoms with Crippen LogP contribution in [0, 0.1) is 0 Å². The van der Waals surface area contributed by atoms with E-state index in [9.17, 15) is 4.79 Å². The molecule has 2 aromatic heterocycles. The third-order valence-corrected chi connectivity index (χ3v) is 3.98. The van der Waals surface area contributed by atoms with Crippen molar-refractivity contribution in [2.24, 2.45) is 0 Å². The number of nitrogens with zero attached hydrogens (tertiary/aromatic N) is 2. The maximum absolute atomic E-state index is 12.4. The largest absolute Gasteiger partial charge is 0.493 e. The molecule has 0 saturated carbocycles. The number of hydrogen-bond acceptors (Lipinski definition) is 8. The Bertz CT molecular complexity index is 916. The second-order valence-electron chi connectivity index (χ2n) is 5.75. The molecule has 0 atom stereocenters. The van der Waals surface area contributed by atoms with Gasteiger partial charge in [-0.1, -0.05) is 0 Å². The van der Waals surface area contributed by atoms with Crippen LogP contribution in [0.3, 0.4) is 0 Å². The van der Waals surface area contributed by atoms with Crippen molar-refractivity contribution in [2.45, 2.75) is 0 Å². The molecule has 0 aliphatic rings. The zero-order chi connectivity index (χ0) is 20.6. The van der Waals surface area contributed by atoms with E-state index in [1.165, 1.54) is 21.3 Å². The predicted octanol–water partition coefficient (Wildman–Crippen LogP) is 2.57. The number of amides is 1.